The third kappa shape index (κ3) is 2.51. The quantitative estimate of drug-likeness (QED) is 0.776. The van der Waals surface area contributed by atoms with E-state index >= 15 is 0 Å². The summed E-state index contributed by atoms with van der Waals surface area (Å²) in [5.74, 6) is 2.51. The van der Waals surface area contributed by atoms with Crippen molar-refractivity contribution in [3.8, 4) is 11.5 Å². The van der Waals surface area contributed by atoms with Crippen molar-refractivity contribution in [2.75, 3.05) is 13.2 Å². The monoisotopic (exact) mass is 327 g/mol. The molecule has 0 fully saturated rings. The first-order valence-electron chi connectivity index (χ1n) is 7.86. The molecule has 7 nitrogen and oxygen atoms in total. The number of aromatic nitrogens is 3. The fraction of sp³-hybridized carbons (Fsp3) is 0.353. The van der Waals surface area contributed by atoms with Crippen LogP contribution in [-0.2, 0) is 6.42 Å². The van der Waals surface area contributed by atoms with Crippen LogP contribution in [0.15, 0.2) is 21.5 Å². The van der Waals surface area contributed by atoms with Gasteiger partial charge in [-0.25, -0.2) is 4.98 Å². The number of H-pyrrole nitrogens is 1. The fourth-order valence-electron chi connectivity index (χ4n) is 2.85. The van der Waals surface area contributed by atoms with E-state index in [2.05, 4.69) is 15.1 Å². The molecule has 24 heavy (non-hydrogen) atoms. The molecule has 0 aliphatic carbocycles. The second kappa shape index (κ2) is 5.67. The summed E-state index contributed by atoms with van der Waals surface area (Å²) in [7, 11) is 0. The third-order valence-electron chi connectivity index (χ3n) is 4.15. The number of aryl methyl sites for hydroxylation is 2. The van der Waals surface area contributed by atoms with Crippen LogP contribution >= 0.6 is 0 Å². The molecule has 124 valence electrons. The van der Waals surface area contributed by atoms with Crippen LogP contribution in [0.1, 0.15) is 29.3 Å². The van der Waals surface area contributed by atoms with Crippen LogP contribution in [0, 0.1) is 13.8 Å². The largest absolute Gasteiger partial charge is 0.490 e. The van der Waals surface area contributed by atoms with Gasteiger partial charge in [0.1, 0.15) is 11.6 Å². The van der Waals surface area contributed by atoms with Gasteiger partial charge in [0.2, 0.25) is 0 Å². The Kier molecular flexibility index (Phi) is 3.48. The van der Waals surface area contributed by atoms with E-state index in [1.807, 2.05) is 13.8 Å². The molecule has 7 heteroatoms. The Balaban J connectivity index is 1.80. The number of hydrogen-bond donors (Lipinski definition) is 1. The Hall–Kier alpha value is -2.83. The van der Waals surface area contributed by atoms with Crippen molar-refractivity contribution in [2.45, 2.75) is 26.7 Å². The number of fused-ring (bicyclic) bond motifs is 2. The molecule has 0 saturated heterocycles. The SMILES string of the molecule is Cc1noc(C)c1Cc1nc2cc3c(cc2c(=O)[nH]1)OCCCO3. The highest BCUT2D eigenvalue weighted by molar-refractivity contribution is 5.81. The lowest BCUT2D eigenvalue weighted by Crippen LogP contribution is -2.13. The van der Waals surface area contributed by atoms with E-state index in [-0.39, 0.29) is 5.56 Å². The van der Waals surface area contributed by atoms with Crippen LogP contribution in [0.5, 0.6) is 11.5 Å². The van der Waals surface area contributed by atoms with Gasteiger partial charge in [-0.15, -0.1) is 0 Å². The van der Waals surface area contributed by atoms with E-state index in [0.29, 0.717) is 47.9 Å². The van der Waals surface area contributed by atoms with E-state index in [0.717, 1.165) is 23.4 Å². The second-order valence-corrected chi connectivity index (χ2v) is 5.86. The lowest BCUT2D eigenvalue weighted by Gasteiger charge is -2.09. The van der Waals surface area contributed by atoms with Crippen LogP contribution < -0.4 is 15.0 Å². The first-order valence-corrected chi connectivity index (χ1v) is 7.86. The van der Waals surface area contributed by atoms with Gasteiger partial charge in [0.25, 0.3) is 5.56 Å². The molecule has 0 bridgehead atoms. The lowest BCUT2D eigenvalue weighted by molar-refractivity contribution is 0.297. The number of ether oxygens (including phenoxy) is 2. The molecular weight excluding hydrogens is 310 g/mol. The van der Waals surface area contributed by atoms with Gasteiger partial charge < -0.3 is 19.0 Å². The zero-order chi connectivity index (χ0) is 16.7. The summed E-state index contributed by atoms with van der Waals surface area (Å²) in [5, 5.41) is 4.42. The summed E-state index contributed by atoms with van der Waals surface area (Å²) >= 11 is 0. The maximum atomic E-state index is 12.4. The first kappa shape index (κ1) is 14.7. The van der Waals surface area contributed by atoms with Crippen LogP contribution in [0.3, 0.4) is 0 Å². The minimum atomic E-state index is -0.197. The highest BCUT2D eigenvalue weighted by Gasteiger charge is 2.16. The topological polar surface area (TPSA) is 90.2 Å². The van der Waals surface area contributed by atoms with Gasteiger partial charge in [-0.05, 0) is 19.9 Å². The highest BCUT2D eigenvalue weighted by Crippen LogP contribution is 2.32. The van der Waals surface area contributed by atoms with E-state index in [1.54, 1.807) is 12.1 Å². The number of aromatic amines is 1. The number of hydrogen-bond acceptors (Lipinski definition) is 6. The Morgan fingerprint density at radius 2 is 1.92 bits per heavy atom. The first-order chi connectivity index (χ1) is 11.6. The van der Waals surface area contributed by atoms with Crippen molar-refractivity contribution in [3.05, 3.63) is 45.3 Å². The normalized spacial score (nSPS) is 13.9. The van der Waals surface area contributed by atoms with Crippen molar-refractivity contribution < 1.29 is 14.0 Å². The molecule has 0 saturated carbocycles. The summed E-state index contributed by atoms with van der Waals surface area (Å²) in [6, 6.07) is 3.46. The molecule has 1 aromatic carbocycles. The molecule has 1 aliphatic heterocycles. The Morgan fingerprint density at radius 3 is 2.62 bits per heavy atom. The standard InChI is InChI=1S/C17H17N3O4/c1-9-11(10(2)24-20-9)7-16-18-13-8-15-14(22-4-3-5-23-15)6-12(13)17(21)19-16/h6,8H,3-5,7H2,1-2H3,(H,18,19,21). The average Bonchev–Trinajstić information content (AvgIpc) is 2.77. The molecule has 1 aliphatic rings. The van der Waals surface area contributed by atoms with Crippen LogP contribution in [0.2, 0.25) is 0 Å². The Labute approximate surface area is 137 Å². The molecule has 0 amide bonds. The van der Waals surface area contributed by atoms with Crippen molar-refractivity contribution in [1.29, 1.82) is 0 Å². The molecule has 3 aromatic rings. The molecule has 4 rings (SSSR count). The van der Waals surface area contributed by atoms with Crippen molar-refractivity contribution in [2.24, 2.45) is 0 Å². The van der Waals surface area contributed by atoms with Gasteiger partial charge in [-0.1, -0.05) is 5.16 Å². The van der Waals surface area contributed by atoms with Gasteiger partial charge in [0.15, 0.2) is 11.5 Å². The molecular formula is C17H17N3O4. The second-order valence-electron chi connectivity index (χ2n) is 5.86. The highest BCUT2D eigenvalue weighted by atomic mass is 16.5. The van der Waals surface area contributed by atoms with Gasteiger partial charge in [-0.2, -0.15) is 0 Å². The summed E-state index contributed by atoms with van der Waals surface area (Å²) < 4.78 is 16.5. The Bertz CT molecular complexity index is 954. The summed E-state index contributed by atoms with van der Waals surface area (Å²) in [6.45, 7) is 4.89. The minimum Gasteiger partial charge on any atom is -0.490 e. The van der Waals surface area contributed by atoms with Crippen LogP contribution in [0.25, 0.3) is 10.9 Å². The maximum Gasteiger partial charge on any atom is 0.258 e. The predicted octanol–water partition coefficient (Wildman–Crippen LogP) is 2.28. The lowest BCUT2D eigenvalue weighted by atomic mass is 10.1. The number of nitrogens with one attached hydrogen (secondary N) is 1. The Morgan fingerprint density at radius 1 is 1.17 bits per heavy atom. The number of benzene rings is 1. The number of nitrogens with zero attached hydrogens (tertiary/aromatic N) is 2. The smallest absolute Gasteiger partial charge is 0.258 e. The van der Waals surface area contributed by atoms with Gasteiger partial charge in [-0.3, -0.25) is 4.79 Å². The molecule has 3 heterocycles. The van der Waals surface area contributed by atoms with Gasteiger partial charge in [0.05, 0.1) is 29.8 Å². The van der Waals surface area contributed by atoms with Gasteiger partial charge in [0, 0.05) is 24.5 Å². The molecule has 2 aromatic heterocycles. The molecule has 0 atom stereocenters. The van der Waals surface area contributed by atoms with Crippen molar-refractivity contribution in [3.63, 3.8) is 0 Å². The van der Waals surface area contributed by atoms with Gasteiger partial charge >= 0.3 is 0 Å². The van der Waals surface area contributed by atoms with E-state index in [1.165, 1.54) is 0 Å². The molecule has 0 spiro atoms. The zero-order valence-corrected chi connectivity index (χ0v) is 13.5. The molecule has 1 N–H and O–H groups in total. The minimum absolute atomic E-state index is 0.197. The fourth-order valence-corrected chi connectivity index (χ4v) is 2.85. The average molecular weight is 327 g/mol. The molecule has 0 unspecified atom stereocenters. The third-order valence-corrected chi connectivity index (χ3v) is 4.15. The van der Waals surface area contributed by atoms with E-state index < -0.39 is 0 Å². The summed E-state index contributed by atoms with van der Waals surface area (Å²) in [5.41, 5.74) is 2.13. The number of rotatable bonds is 2. The van der Waals surface area contributed by atoms with Crippen LogP contribution in [0.4, 0.5) is 0 Å². The van der Waals surface area contributed by atoms with Crippen molar-refractivity contribution >= 4 is 10.9 Å². The molecule has 0 radical (unpaired) electrons. The summed E-state index contributed by atoms with van der Waals surface area (Å²) in [6.07, 6.45) is 1.27. The summed E-state index contributed by atoms with van der Waals surface area (Å²) in [4.78, 5) is 19.8. The van der Waals surface area contributed by atoms with Crippen molar-refractivity contribution in [1.82, 2.24) is 15.1 Å². The zero-order valence-electron chi connectivity index (χ0n) is 13.5. The van der Waals surface area contributed by atoms with Crippen LogP contribution in [-0.4, -0.2) is 28.3 Å². The van der Waals surface area contributed by atoms with E-state index in [4.69, 9.17) is 14.0 Å². The predicted molar refractivity (Wildman–Crippen MR) is 86.8 cm³/mol. The maximum absolute atomic E-state index is 12.4. The van der Waals surface area contributed by atoms with E-state index in [9.17, 15) is 4.79 Å².